The maximum atomic E-state index is 13.4. The largest absolute Gasteiger partial charge is 0.481 e. The zero-order valence-corrected chi connectivity index (χ0v) is 10.4. The summed E-state index contributed by atoms with van der Waals surface area (Å²) < 4.78 is 13.4. The van der Waals surface area contributed by atoms with Crippen LogP contribution in [0.2, 0.25) is 0 Å². The molecule has 0 heterocycles. The molecule has 1 atom stereocenters. The molecule has 0 aliphatic rings. The third-order valence-corrected chi connectivity index (χ3v) is 2.50. The first-order valence-corrected chi connectivity index (χ1v) is 5.66. The van der Waals surface area contributed by atoms with Crippen LogP contribution in [-0.4, -0.2) is 23.5 Å². The van der Waals surface area contributed by atoms with Gasteiger partial charge in [0.05, 0.1) is 5.56 Å². The molecule has 0 fully saturated rings. The third kappa shape index (κ3) is 4.16. The van der Waals surface area contributed by atoms with Crippen molar-refractivity contribution in [2.24, 2.45) is 5.92 Å². The average Bonchev–Trinajstić information content (AvgIpc) is 2.28. The molecule has 0 bridgehead atoms. The van der Waals surface area contributed by atoms with Crippen LogP contribution >= 0.6 is 0 Å². The van der Waals surface area contributed by atoms with E-state index in [9.17, 15) is 14.0 Å². The highest BCUT2D eigenvalue weighted by atomic mass is 19.1. The predicted octanol–water partition coefficient (Wildman–Crippen LogP) is 1.97. The van der Waals surface area contributed by atoms with Crippen molar-refractivity contribution in [3.05, 3.63) is 35.1 Å². The summed E-state index contributed by atoms with van der Waals surface area (Å²) in [6.45, 7) is 3.68. The summed E-state index contributed by atoms with van der Waals surface area (Å²) >= 11 is 0. The molecule has 1 amide bonds. The molecule has 5 heteroatoms. The molecular weight excluding hydrogens is 237 g/mol. The van der Waals surface area contributed by atoms with Crippen molar-refractivity contribution in [2.75, 3.05) is 6.54 Å². The van der Waals surface area contributed by atoms with Crippen LogP contribution in [-0.2, 0) is 4.79 Å². The molecule has 1 unspecified atom stereocenters. The average molecular weight is 253 g/mol. The SMILES string of the molecule is Cc1ccc(F)c(C(=O)NCC(C)CC(=O)O)c1. The van der Waals surface area contributed by atoms with Crippen molar-refractivity contribution in [3.63, 3.8) is 0 Å². The fourth-order valence-corrected chi connectivity index (χ4v) is 1.55. The van der Waals surface area contributed by atoms with Gasteiger partial charge in [-0.3, -0.25) is 9.59 Å². The molecular formula is C13H16FNO3. The maximum absolute atomic E-state index is 13.4. The van der Waals surface area contributed by atoms with Gasteiger partial charge < -0.3 is 10.4 Å². The van der Waals surface area contributed by atoms with E-state index in [2.05, 4.69) is 5.32 Å². The Labute approximate surface area is 105 Å². The van der Waals surface area contributed by atoms with Crippen molar-refractivity contribution in [3.8, 4) is 0 Å². The number of amides is 1. The first-order valence-electron chi connectivity index (χ1n) is 5.66. The third-order valence-electron chi connectivity index (χ3n) is 2.50. The molecule has 1 aromatic rings. The van der Waals surface area contributed by atoms with Gasteiger partial charge in [0.2, 0.25) is 0 Å². The van der Waals surface area contributed by atoms with Gasteiger partial charge in [-0.05, 0) is 25.0 Å². The minimum absolute atomic E-state index is 0.0162. The second kappa shape index (κ2) is 6.14. The molecule has 1 aromatic carbocycles. The fraction of sp³-hybridized carbons (Fsp3) is 0.385. The van der Waals surface area contributed by atoms with E-state index in [0.717, 1.165) is 5.56 Å². The zero-order chi connectivity index (χ0) is 13.7. The Balaban J connectivity index is 2.60. The molecule has 0 spiro atoms. The van der Waals surface area contributed by atoms with Gasteiger partial charge >= 0.3 is 5.97 Å². The minimum Gasteiger partial charge on any atom is -0.481 e. The second-order valence-corrected chi connectivity index (χ2v) is 4.40. The van der Waals surface area contributed by atoms with Crippen LogP contribution in [0.25, 0.3) is 0 Å². The number of carbonyl (C=O) groups excluding carboxylic acids is 1. The van der Waals surface area contributed by atoms with Crippen LogP contribution in [0.3, 0.4) is 0 Å². The summed E-state index contributed by atoms with van der Waals surface area (Å²) in [4.78, 5) is 22.2. The van der Waals surface area contributed by atoms with E-state index in [-0.39, 0.29) is 24.4 Å². The van der Waals surface area contributed by atoms with Crippen LogP contribution < -0.4 is 5.32 Å². The maximum Gasteiger partial charge on any atom is 0.303 e. The summed E-state index contributed by atoms with van der Waals surface area (Å²) in [6, 6.07) is 4.29. The van der Waals surface area contributed by atoms with Crippen molar-refractivity contribution in [1.82, 2.24) is 5.32 Å². The molecule has 0 radical (unpaired) electrons. The van der Waals surface area contributed by atoms with Gasteiger partial charge in [0.15, 0.2) is 0 Å². The van der Waals surface area contributed by atoms with E-state index in [1.807, 2.05) is 0 Å². The number of nitrogens with one attached hydrogen (secondary N) is 1. The summed E-state index contributed by atoms with van der Waals surface area (Å²) in [5.41, 5.74) is 0.776. The van der Waals surface area contributed by atoms with Gasteiger partial charge in [-0.15, -0.1) is 0 Å². The number of halogens is 1. The number of rotatable bonds is 5. The molecule has 0 saturated carbocycles. The van der Waals surface area contributed by atoms with Crippen molar-refractivity contribution < 1.29 is 19.1 Å². The summed E-state index contributed by atoms with van der Waals surface area (Å²) in [7, 11) is 0. The van der Waals surface area contributed by atoms with E-state index in [1.54, 1.807) is 19.9 Å². The van der Waals surface area contributed by atoms with E-state index >= 15 is 0 Å². The van der Waals surface area contributed by atoms with E-state index in [0.29, 0.717) is 0 Å². The minimum atomic E-state index is -0.918. The van der Waals surface area contributed by atoms with Crippen LogP contribution in [0.5, 0.6) is 0 Å². The highest BCUT2D eigenvalue weighted by Crippen LogP contribution is 2.10. The lowest BCUT2D eigenvalue weighted by Crippen LogP contribution is -2.29. The molecule has 4 nitrogen and oxygen atoms in total. The molecule has 18 heavy (non-hydrogen) atoms. The predicted molar refractivity (Wildman–Crippen MR) is 64.9 cm³/mol. The number of carbonyl (C=O) groups is 2. The smallest absolute Gasteiger partial charge is 0.303 e. The van der Waals surface area contributed by atoms with Crippen molar-refractivity contribution in [2.45, 2.75) is 20.3 Å². The summed E-state index contributed by atoms with van der Waals surface area (Å²) in [5.74, 6) is -2.21. The van der Waals surface area contributed by atoms with E-state index < -0.39 is 17.7 Å². The Morgan fingerprint density at radius 2 is 2.11 bits per heavy atom. The van der Waals surface area contributed by atoms with E-state index in [4.69, 9.17) is 5.11 Å². The normalized spacial score (nSPS) is 11.9. The Morgan fingerprint density at radius 1 is 1.44 bits per heavy atom. The van der Waals surface area contributed by atoms with Crippen LogP contribution in [0.1, 0.15) is 29.3 Å². The Hall–Kier alpha value is -1.91. The Kier molecular flexibility index (Phi) is 4.83. The number of hydrogen-bond donors (Lipinski definition) is 2. The summed E-state index contributed by atoms with van der Waals surface area (Å²) in [5, 5.41) is 11.1. The van der Waals surface area contributed by atoms with Gasteiger partial charge in [0.25, 0.3) is 5.91 Å². The summed E-state index contributed by atoms with van der Waals surface area (Å²) in [6.07, 6.45) is -0.0312. The first-order chi connectivity index (χ1) is 8.40. The molecule has 1 rings (SSSR count). The Morgan fingerprint density at radius 3 is 2.72 bits per heavy atom. The second-order valence-electron chi connectivity index (χ2n) is 4.40. The van der Waals surface area contributed by atoms with Gasteiger partial charge in [-0.1, -0.05) is 18.6 Å². The number of carboxylic acid groups (broad SMARTS) is 1. The van der Waals surface area contributed by atoms with Gasteiger partial charge in [-0.2, -0.15) is 0 Å². The number of aryl methyl sites for hydroxylation is 1. The van der Waals surface area contributed by atoms with Crippen LogP contribution in [0.15, 0.2) is 18.2 Å². The molecule has 98 valence electrons. The quantitative estimate of drug-likeness (QED) is 0.843. The standard InChI is InChI=1S/C13H16FNO3/c1-8-3-4-11(14)10(5-8)13(18)15-7-9(2)6-12(16)17/h3-5,9H,6-7H2,1-2H3,(H,15,18)(H,16,17). The molecule has 0 saturated heterocycles. The monoisotopic (exact) mass is 253 g/mol. The highest BCUT2D eigenvalue weighted by Gasteiger charge is 2.13. The zero-order valence-electron chi connectivity index (χ0n) is 10.4. The molecule has 0 aliphatic heterocycles. The van der Waals surface area contributed by atoms with Crippen LogP contribution in [0.4, 0.5) is 4.39 Å². The molecule has 0 aromatic heterocycles. The van der Waals surface area contributed by atoms with Gasteiger partial charge in [0, 0.05) is 13.0 Å². The van der Waals surface area contributed by atoms with Crippen molar-refractivity contribution >= 4 is 11.9 Å². The molecule has 2 N–H and O–H groups in total. The fourth-order valence-electron chi connectivity index (χ4n) is 1.55. The molecule has 0 aliphatic carbocycles. The van der Waals surface area contributed by atoms with Crippen molar-refractivity contribution in [1.29, 1.82) is 0 Å². The lowest BCUT2D eigenvalue weighted by Gasteiger charge is -2.11. The lowest BCUT2D eigenvalue weighted by atomic mass is 10.1. The lowest BCUT2D eigenvalue weighted by molar-refractivity contribution is -0.137. The number of carboxylic acids is 1. The number of hydrogen-bond acceptors (Lipinski definition) is 2. The first kappa shape index (κ1) is 14.2. The highest BCUT2D eigenvalue weighted by molar-refractivity contribution is 5.94. The van der Waals surface area contributed by atoms with Gasteiger partial charge in [0.1, 0.15) is 5.82 Å². The van der Waals surface area contributed by atoms with Gasteiger partial charge in [-0.25, -0.2) is 4.39 Å². The van der Waals surface area contributed by atoms with E-state index in [1.165, 1.54) is 12.1 Å². The topological polar surface area (TPSA) is 66.4 Å². The van der Waals surface area contributed by atoms with Crippen LogP contribution in [0, 0.1) is 18.7 Å². The number of aliphatic carboxylic acids is 1. The Bertz CT molecular complexity index is 460. The number of benzene rings is 1.